The lowest BCUT2D eigenvalue weighted by Crippen LogP contribution is -2.13. The number of methoxy groups -OCH3 is 1. The molecule has 0 bridgehead atoms. The van der Waals surface area contributed by atoms with Crippen LogP contribution in [0.15, 0.2) is 42.5 Å². The highest BCUT2D eigenvalue weighted by Crippen LogP contribution is 2.22. The summed E-state index contributed by atoms with van der Waals surface area (Å²) in [6, 6.07) is 12.0. The van der Waals surface area contributed by atoms with Crippen LogP contribution in [0.1, 0.15) is 17.2 Å². The molecule has 2 aromatic carbocycles. The molecule has 19 heavy (non-hydrogen) atoms. The lowest BCUT2D eigenvalue weighted by molar-refractivity contribution is 0.414. The molecular weight excluding hydrogens is 265 g/mol. The van der Waals surface area contributed by atoms with Crippen molar-refractivity contribution in [3.8, 4) is 5.75 Å². The summed E-state index contributed by atoms with van der Waals surface area (Å²) in [7, 11) is 1.62. The fraction of sp³-hybridized carbons (Fsp3) is 0.200. The number of nitrogens with two attached hydrogens (primary N) is 1. The average molecular weight is 280 g/mol. The lowest BCUT2D eigenvalue weighted by atomic mass is 9.99. The molecular formula is C15H15ClFNO. The number of hydrogen-bond donors (Lipinski definition) is 1. The van der Waals surface area contributed by atoms with Crippen LogP contribution in [0.2, 0.25) is 5.02 Å². The summed E-state index contributed by atoms with van der Waals surface area (Å²) in [6.45, 7) is 0. The SMILES string of the molecule is COc1cccc(CC(N)c2ccc(Cl)c(F)c2)c1. The molecule has 0 aliphatic carbocycles. The standard InChI is InChI=1S/C15H15ClFNO/c1-19-12-4-2-3-10(7-12)8-15(18)11-5-6-13(16)14(17)9-11/h2-7,9,15H,8,18H2,1H3. The minimum absolute atomic E-state index is 0.109. The third-order valence-corrected chi connectivity index (χ3v) is 3.27. The Labute approximate surface area is 117 Å². The highest BCUT2D eigenvalue weighted by atomic mass is 35.5. The van der Waals surface area contributed by atoms with Crippen LogP contribution < -0.4 is 10.5 Å². The van der Waals surface area contributed by atoms with E-state index in [-0.39, 0.29) is 11.1 Å². The van der Waals surface area contributed by atoms with Gasteiger partial charge in [0.25, 0.3) is 0 Å². The first-order chi connectivity index (χ1) is 9.10. The van der Waals surface area contributed by atoms with Gasteiger partial charge in [-0.15, -0.1) is 0 Å². The summed E-state index contributed by atoms with van der Waals surface area (Å²) >= 11 is 5.65. The molecule has 100 valence electrons. The van der Waals surface area contributed by atoms with E-state index in [0.29, 0.717) is 6.42 Å². The third-order valence-electron chi connectivity index (χ3n) is 2.96. The molecule has 2 aromatic rings. The van der Waals surface area contributed by atoms with Gasteiger partial charge >= 0.3 is 0 Å². The zero-order chi connectivity index (χ0) is 13.8. The molecule has 4 heteroatoms. The fourth-order valence-corrected chi connectivity index (χ4v) is 2.03. The number of hydrogen-bond acceptors (Lipinski definition) is 2. The summed E-state index contributed by atoms with van der Waals surface area (Å²) in [5.74, 6) is 0.340. The molecule has 1 atom stereocenters. The van der Waals surface area contributed by atoms with E-state index in [1.807, 2.05) is 24.3 Å². The van der Waals surface area contributed by atoms with E-state index in [9.17, 15) is 4.39 Å². The van der Waals surface area contributed by atoms with Crippen molar-refractivity contribution in [3.05, 3.63) is 64.4 Å². The predicted octanol–water partition coefficient (Wildman–Crippen LogP) is 3.73. The highest BCUT2D eigenvalue weighted by Gasteiger charge is 2.10. The Morgan fingerprint density at radius 3 is 2.74 bits per heavy atom. The van der Waals surface area contributed by atoms with Gasteiger partial charge in [-0.3, -0.25) is 0 Å². The van der Waals surface area contributed by atoms with Crippen molar-refractivity contribution < 1.29 is 9.13 Å². The van der Waals surface area contributed by atoms with E-state index in [1.165, 1.54) is 12.1 Å². The van der Waals surface area contributed by atoms with Crippen molar-refractivity contribution in [2.75, 3.05) is 7.11 Å². The number of benzene rings is 2. The zero-order valence-electron chi connectivity index (χ0n) is 10.6. The molecule has 2 nitrogen and oxygen atoms in total. The van der Waals surface area contributed by atoms with E-state index in [4.69, 9.17) is 22.1 Å². The van der Waals surface area contributed by atoms with E-state index in [0.717, 1.165) is 16.9 Å². The first-order valence-corrected chi connectivity index (χ1v) is 6.31. The van der Waals surface area contributed by atoms with Crippen molar-refractivity contribution >= 4 is 11.6 Å². The van der Waals surface area contributed by atoms with Crippen molar-refractivity contribution in [2.24, 2.45) is 5.73 Å². The highest BCUT2D eigenvalue weighted by molar-refractivity contribution is 6.30. The Hall–Kier alpha value is -1.58. The second kappa shape index (κ2) is 6.04. The first kappa shape index (κ1) is 13.8. The molecule has 0 heterocycles. The van der Waals surface area contributed by atoms with Gasteiger partial charge in [0.05, 0.1) is 12.1 Å². The summed E-state index contributed by atoms with van der Waals surface area (Å²) in [4.78, 5) is 0. The molecule has 0 fully saturated rings. The van der Waals surface area contributed by atoms with Gasteiger partial charge < -0.3 is 10.5 Å². The third kappa shape index (κ3) is 3.46. The largest absolute Gasteiger partial charge is 0.497 e. The van der Waals surface area contributed by atoms with Crippen LogP contribution in [0.4, 0.5) is 4.39 Å². The molecule has 0 aliphatic rings. The molecule has 2 N–H and O–H groups in total. The van der Waals surface area contributed by atoms with Crippen molar-refractivity contribution in [1.82, 2.24) is 0 Å². The fourth-order valence-electron chi connectivity index (χ4n) is 1.91. The molecule has 0 saturated heterocycles. The molecule has 0 saturated carbocycles. The van der Waals surface area contributed by atoms with Gasteiger partial charge in [0.15, 0.2) is 0 Å². The van der Waals surface area contributed by atoms with E-state index < -0.39 is 5.82 Å². The van der Waals surface area contributed by atoms with Crippen LogP contribution in [-0.2, 0) is 6.42 Å². The van der Waals surface area contributed by atoms with Gasteiger partial charge in [-0.2, -0.15) is 0 Å². The molecule has 2 rings (SSSR count). The van der Waals surface area contributed by atoms with Gasteiger partial charge in [-0.25, -0.2) is 4.39 Å². The molecule has 0 aromatic heterocycles. The summed E-state index contributed by atoms with van der Waals surface area (Å²) in [5.41, 5.74) is 7.86. The Morgan fingerprint density at radius 2 is 2.05 bits per heavy atom. The van der Waals surface area contributed by atoms with Crippen LogP contribution in [-0.4, -0.2) is 7.11 Å². The van der Waals surface area contributed by atoms with Crippen LogP contribution >= 0.6 is 11.6 Å². The Balaban J connectivity index is 2.15. The molecule has 0 amide bonds. The topological polar surface area (TPSA) is 35.2 Å². The summed E-state index contributed by atoms with van der Waals surface area (Å²) in [5, 5.41) is 0.109. The zero-order valence-corrected chi connectivity index (χ0v) is 11.3. The average Bonchev–Trinajstić information content (AvgIpc) is 2.42. The number of ether oxygens (including phenoxy) is 1. The lowest BCUT2D eigenvalue weighted by Gasteiger charge is -2.13. The predicted molar refractivity (Wildman–Crippen MR) is 75.0 cm³/mol. The van der Waals surface area contributed by atoms with Crippen LogP contribution in [0.25, 0.3) is 0 Å². The van der Waals surface area contributed by atoms with Gasteiger partial charge in [0, 0.05) is 6.04 Å². The Bertz CT molecular complexity index is 574. The molecule has 0 radical (unpaired) electrons. The second-order valence-electron chi connectivity index (χ2n) is 4.34. The maximum atomic E-state index is 13.4. The second-order valence-corrected chi connectivity index (χ2v) is 4.74. The molecule has 1 unspecified atom stereocenters. The van der Waals surface area contributed by atoms with E-state index in [1.54, 1.807) is 13.2 Å². The van der Waals surface area contributed by atoms with Crippen molar-refractivity contribution in [2.45, 2.75) is 12.5 Å². The Morgan fingerprint density at radius 1 is 1.26 bits per heavy atom. The van der Waals surface area contributed by atoms with Crippen LogP contribution in [0, 0.1) is 5.82 Å². The quantitative estimate of drug-likeness (QED) is 0.925. The summed E-state index contributed by atoms with van der Waals surface area (Å²) < 4.78 is 18.5. The number of rotatable bonds is 4. The first-order valence-electron chi connectivity index (χ1n) is 5.93. The molecule has 0 aliphatic heterocycles. The minimum atomic E-state index is -0.444. The smallest absolute Gasteiger partial charge is 0.142 e. The van der Waals surface area contributed by atoms with Crippen molar-refractivity contribution in [1.29, 1.82) is 0 Å². The van der Waals surface area contributed by atoms with Gasteiger partial charge in [-0.1, -0.05) is 29.8 Å². The maximum absolute atomic E-state index is 13.4. The van der Waals surface area contributed by atoms with E-state index in [2.05, 4.69) is 0 Å². The minimum Gasteiger partial charge on any atom is -0.497 e. The number of halogens is 2. The molecule has 0 spiro atoms. The normalized spacial score (nSPS) is 12.2. The van der Waals surface area contributed by atoms with E-state index >= 15 is 0 Å². The summed E-state index contributed by atoms with van der Waals surface area (Å²) in [6.07, 6.45) is 0.609. The van der Waals surface area contributed by atoms with Gasteiger partial charge in [0.1, 0.15) is 11.6 Å². The van der Waals surface area contributed by atoms with Crippen molar-refractivity contribution in [3.63, 3.8) is 0 Å². The monoisotopic (exact) mass is 279 g/mol. The van der Waals surface area contributed by atoms with Gasteiger partial charge in [-0.05, 0) is 41.8 Å². The van der Waals surface area contributed by atoms with Crippen LogP contribution in [0.5, 0.6) is 5.75 Å². The maximum Gasteiger partial charge on any atom is 0.142 e. The van der Waals surface area contributed by atoms with Crippen LogP contribution in [0.3, 0.4) is 0 Å². The van der Waals surface area contributed by atoms with Gasteiger partial charge in [0.2, 0.25) is 0 Å². The Kier molecular flexibility index (Phi) is 4.40.